The Morgan fingerprint density at radius 2 is 0.917 bits per heavy atom. The van der Waals surface area contributed by atoms with Crippen LogP contribution in [0.3, 0.4) is 0 Å². The third-order valence-corrected chi connectivity index (χ3v) is 6.88. The van der Waals surface area contributed by atoms with E-state index < -0.39 is 0 Å². The fourth-order valence-electron chi connectivity index (χ4n) is 5.07. The second-order valence-electron chi connectivity index (χ2n) is 9.61. The predicted octanol–water partition coefficient (Wildman–Crippen LogP) is 8.01. The number of anilines is 2. The van der Waals surface area contributed by atoms with Gasteiger partial charge in [0.05, 0.1) is 33.4 Å². The zero-order chi connectivity index (χ0) is 24.5. The van der Waals surface area contributed by atoms with E-state index in [1.54, 1.807) is 0 Å². The number of aromatic nitrogens is 2. The van der Waals surface area contributed by atoms with Gasteiger partial charge in [0.1, 0.15) is 0 Å². The van der Waals surface area contributed by atoms with Gasteiger partial charge in [-0.05, 0) is 63.1 Å². The number of fused-ring (bicyclic) bond motifs is 4. The molecule has 0 bridgehead atoms. The summed E-state index contributed by atoms with van der Waals surface area (Å²) in [5.74, 6) is 0. The monoisotopic (exact) mass is 470 g/mol. The van der Waals surface area contributed by atoms with E-state index in [0.717, 1.165) is 48.0 Å². The Bertz CT molecular complexity index is 1590. The number of nitrogens with one attached hydrogen (secondary N) is 2. The molecule has 0 radical (unpaired) electrons. The van der Waals surface area contributed by atoms with E-state index in [-0.39, 0.29) is 0 Å². The lowest BCUT2D eigenvalue weighted by molar-refractivity contribution is 0.797. The first-order chi connectivity index (χ1) is 17.7. The highest BCUT2D eigenvalue weighted by molar-refractivity contribution is 6.08. The Morgan fingerprint density at radius 3 is 1.39 bits per heavy atom. The minimum Gasteiger partial charge on any atom is -0.384 e. The lowest BCUT2D eigenvalue weighted by Gasteiger charge is -2.15. The van der Waals surface area contributed by atoms with Crippen LogP contribution in [0.2, 0.25) is 0 Å². The lowest BCUT2D eigenvalue weighted by atomic mass is 10.1. The first-order valence-electron chi connectivity index (χ1n) is 12.7. The molecular weight excluding hydrogens is 440 g/mol. The summed E-state index contributed by atoms with van der Waals surface area (Å²) in [6.45, 7) is 6.10. The maximum atomic E-state index is 4.87. The number of pyridine rings is 2. The maximum Gasteiger partial charge on any atom is 0.0730 e. The highest BCUT2D eigenvalue weighted by Crippen LogP contribution is 2.32. The fourth-order valence-corrected chi connectivity index (χ4v) is 5.07. The molecule has 0 aliphatic carbocycles. The molecule has 0 amide bonds. The average molecular weight is 471 g/mol. The summed E-state index contributed by atoms with van der Waals surface area (Å²) in [6.07, 6.45) is 2.13. The van der Waals surface area contributed by atoms with Crippen LogP contribution in [0.4, 0.5) is 11.4 Å². The molecule has 6 rings (SSSR count). The van der Waals surface area contributed by atoms with Crippen LogP contribution >= 0.6 is 0 Å². The number of hydrogen-bond donors (Lipinski definition) is 2. The van der Waals surface area contributed by atoms with Crippen molar-refractivity contribution in [3.8, 4) is 0 Å². The van der Waals surface area contributed by atoms with Gasteiger partial charge in [-0.1, -0.05) is 59.7 Å². The molecule has 4 heteroatoms. The molecule has 0 fully saturated rings. The third kappa shape index (κ3) is 4.20. The van der Waals surface area contributed by atoms with E-state index in [2.05, 4.69) is 109 Å². The van der Waals surface area contributed by atoms with E-state index in [1.807, 2.05) is 0 Å². The zero-order valence-corrected chi connectivity index (χ0v) is 20.8. The summed E-state index contributed by atoms with van der Waals surface area (Å²) in [6, 6.07) is 29.8. The molecule has 0 unspecified atom stereocenters. The molecule has 178 valence electrons. The molecule has 0 aliphatic heterocycles. The van der Waals surface area contributed by atoms with Crippen LogP contribution in [0.5, 0.6) is 0 Å². The number of rotatable bonds is 7. The van der Waals surface area contributed by atoms with Crippen molar-refractivity contribution in [2.45, 2.75) is 26.7 Å². The van der Waals surface area contributed by atoms with E-state index in [9.17, 15) is 0 Å². The van der Waals surface area contributed by atoms with Crippen LogP contribution < -0.4 is 10.6 Å². The van der Waals surface area contributed by atoms with Gasteiger partial charge in [0.15, 0.2) is 0 Å². The van der Waals surface area contributed by atoms with Gasteiger partial charge in [0.2, 0.25) is 0 Å². The maximum absolute atomic E-state index is 4.87. The van der Waals surface area contributed by atoms with Crippen LogP contribution in [0.25, 0.3) is 43.6 Å². The molecular formula is C32H30N4. The largest absolute Gasteiger partial charge is 0.384 e. The van der Waals surface area contributed by atoms with Gasteiger partial charge < -0.3 is 10.6 Å². The predicted molar refractivity (Wildman–Crippen MR) is 154 cm³/mol. The molecule has 2 aromatic heterocycles. The summed E-state index contributed by atoms with van der Waals surface area (Å²) < 4.78 is 0. The molecule has 0 aliphatic rings. The quantitative estimate of drug-likeness (QED) is 0.183. The number of hydrogen-bond acceptors (Lipinski definition) is 4. The van der Waals surface area contributed by atoms with Crippen LogP contribution in [-0.4, -0.2) is 23.1 Å². The van der Waals surface area contributed by atoms with Gasteiger partial charge in [0, 0.05) is 34.6 Å². The Kier molecular flexibility index (Phi) is 5.86. The van der Waals surface area contributed by atoms with Crippen molar-refractivity contribution in [3.63, 3.8) is 0 Å². The highest BCUT2D eigenvalue weighted by atomic mass is 14.9. The Labute approximate surface area is 211 Å². The van der Waals surface area contributed by atoms with Crippen molar-refractivity contribution >= 4 is 55.0 Å². The molecule has 6 aromatic rings. The van der Waals surface area contributed by atoms with Crippen molar-refractivity contribution in [2.75, 3.05) is 23.7 Å². The van der Waals surface area contributed by atoms with Crippen LogP contribution in [0.1, 0.15) is 24.0 Å². The summed E-state index contributed by atoms with van der Waals surface area (Å²) >= 11 is 0. The standard InChI is InChI=1S/C32H30N4/c1-21-13-15-29-25(19-21)31(23-9-3-5-11-27(23)35-29)33-17-7-8-18-34-32-24-10-4-6-12-28(24)36-30-16-14-22(2)20-26(30)32/h3-6,9-16,19-20H,7-8,17-18H2,1-2H3,(H,33,35)(H,34,36). The molecule has 0 spiro atoms. The number of aryl methyl sites for hydroxylation is 2. The topological polar surface area (TPSA) is 49.8 Å². The minimum absolute atomic E-state index is 0.912. The first-order valence-corrected chi connectivity index (χ1v) is 12.7. The second kappa shape index (κ2) is 9.46. The van der Waals surface area contributed by atoms with Gasteiger partial charge in [-0.3, -0.25) is 0 Å². The molecule has 36 heavy (non-hydrogen) atoms. The summed E-state index contributed by atoms with van der Waals surface area (Å²) in [7, 11) is 0. The zero-order valence-electron chi connectivity index (χ0n) is 20.8. The molecule has 0 atom stereocenters. The van der Waals surface area contributed by atoms with Crippen molar-refractivity contribution in [2.24, 2.45) is 0 Å². The second-order valence-corrected chi connectivity index (χ2v) is 9.61. The van der Waals surface area contributed by atoms with Crippen LogP contribution in [0, 0.1) is 13.8 Å². The van der Waals surface area contributed by atoms with Gasteiger partial charge in [0.25, 0.3) is 0 Å². The fraction of sp³-hybridized carbons (Fsp3) is 0.188. The average Bonchev–Trinajstić information content (AvgIpc) is 2.90. The normalized spacial score (nSPS) is 11.5. The van der Waals surface area contributed by atoms with Gasteiger partial charge in [-0.15, -0.1) is 0 Å². The van der Waals surface area contributed by atoms with Gasteiger partial charge in [-0.2, -0.15) is 0 Å². The molecule has 2 N–H and O–H groups in total. The summed E-state index contributed by atoms with van der Waals surface area (Å²) in [4.78, 5) is 9.74. The first kappa shape index (κ1) is 22.3. The van der Waals surface area contributed by atoms with Crippen molar-refractivity contribution < 1.29 is 0 Å². The Morgan fingerprint density at radius 1 is 0.500 bits per heavy atom. The molecule has 4 nitrogen and oxygen atoms in total. The Balaban J connectivity index is 1.18. The molecule has 4 aromatic carbocycles. The van der Waals surface area contributed by atoms with Gasteiger partial charge in [-0.25, -0.2) is 9.97 Å². The third-order valence-electron chi connectivity index (χ3n) is 6.88. The smallest absolute Gasteiger partial charge is 0.0730 e. The SMILES string of the molecule is Cc1ccc2nc3ccccc3c(NCCCCNc3c4ccccc4nc4ccc(C)cc34)c2c1. The van der Waals surface area contributed by atoms with Gasteiger partial charge >= 0.3 is 0 Å². The van der Waals surface area contributed by atoms with Crippen LogP contribution in [0.15, 0.2) is 84.9 Å². The molecule has 0 saturated carbocycles. The van der Waals surface area contributed by atoms with Crippen molar-refractivity contribution in [1.82, 2.24) is 9.97 Å². The van der Waals surface area contributed by atoms with E-state index in [0.29, 0.717) is 0 Å². The summed E-state index contributed by atoms with van der Waals surface area (Å²) in [5, 5.41) is 12.2. The Hall–Kier alpha value is -4.18. The molecule has 0 saturated heterocycles. The molecule has 2 heterocycles. The van der Waals surface area contributed by atoms with E-state index in [4.69, 9.17) is 9.97 Å². The summed E-state index contributed by atoms with van der Waals surface area (Å²) in [5.41, 5.74) is 9.01. The number of nitrogens with zero attached hydrogens (tertiary/aromatic N) is 2. The minimum atomic E-state index is 0.912. The lowest BCUT2D eigenvalue weighted by Crippen LogP contribution is -2.08. The highest BCUT2D eigenvalue weighted by Gasteiger charge is 2.10. The van der Waals surface area contributed by atoms with E-state index in [1.165, 1.54) is 44.0 Å². The number of unbranched alkanes of at least 4 members (excludes halogenated alkanes) is 1. The van der Waals surface area contributed by atoms with Crippen LogP contribution in [-0.2, 0) is 0 Å². The van der Waals surface area contributed by atoms with E-state index >= 15 is 0 Å². The van der Waals surface area contributed by atoms with Crippen molar-refractivity contribution in [3.05, 3.63) is 96.1 Å². The number of benzene rings is 4. The van der Waals surface area contributed by atoms with Crippen molar-refractivity contribution in [1.29, 1.82) is 0 Å². The number of para-hydroxylation sites is 2.